The van der Waals surface area contributed by atoms with Crippen molar-refractivity contribution < 1.29 is 4.79 Å². The van der Waals surface area contributed by atoms with E-state index in [0.717, 1.165) is 32.4 Å². The minimum absolute atomic E-state index is 0.170. The maximum absolute atomic E-state index is 12.4. The van der Waals surface area contributed by atoms with E-state index in [-0.39, 0.29) is 5.41 Å². The van der Waals surface area contributed by atoms with E-state index in [2.05, 4.69) is 38.1 Å². The molecule has 0 spiro atoms. The van der Waals surface area contributed by atoms with E-state index < -0.39 is 0 Å². The van der Waals surface area contributed by atoms with Gasteiger partial charge in [0.2, 0.25) is 5.91 Å². The fourth-order valence-electron chi connectivity index (χ4n) is 3.10. The van der Waals surface area contributed by atoms with Crippen LogP contribution in [0.15, 0.2) is 30.3 Å². The van der Waals surface area contributed by atoms with Crippen LogP contribution in [0.25, 0.3) is 0 Å². The number of benzene rings is 1. The Morgan fingerprint density at radius 3 is 2.67 bits per heavy atom. The summed E-state index contributed by atoms with van der Waals surface area (Å²) in [5.41, 5.74) is 7.16. The van der Waals surface area contributed by atoms with Crippen LogP contribution in [0.4, 0.5) is 0 Å². The Hall–Kier alpha value is -1.35. The number of hydrogen-bond donors (Lipinski definition) is 1. The lowest BCUT2D eigenvalue weighted by Crippen LogP contribution is -2.29. The minimum Gasteiger partial charge on any atom is -0.342 e. The molecule has 0 saturated carbocycles. The molecule has 1 aromatic carbocycles. The van der Waals surface area contributed by atoms with Crippen LogP contribution in [-0.4, -0.2) is 30.4 Å². The van der Waals surface area contributed by atoms with E-state index >= 15 is 0 Å². The van der Waals surface area contributed by atoms with Gasteiger partial charge in [-0.2, -0.15) is 0 Å². The fourth-order valence-corrected chi connectivity index (χ4v) is 3.10. The Balaban J connectivity index is 1.83. The maximum atomic E-state index is 12.4. The first-order valence-electron chi connectivity index (χ1n) is 8.04. The Morgan fingerprint density at radius 1 is 1.29 bits per heavy atom. The summed E-state index contributed by atoms with van der Waals surface area (Å²) in [7, 11) is 0. The molecule has 1 amide bonds. The summed E-state index contributed by atoms with van der Waals surface area (Å²) in [4.78, 5) is 14.4. The van der Waals surface area contributed by atoms with Gasteiger partial charge < -0.3 is 10.6 Å². The number of amides is 1. The molecule has 116 valence electrons. The summed E-state index contributed by atoms with van der Waals surface area (Å²) >= 11 is 0. The van der Waals surface area contributed by atoms with Crippen molar-refractivity contribution in [3.05, 3.63) is 35.9 Å². The fraction of sp³-hybridized carbons (Fsp3) is 0.611. The number of carbonyl (C=O) groups excluding carboxylic acids is 1. The predicted octanol–water partition coefficient (Wildman–Crippen LogP) is 3.16. The van der Waals surface area contributed by atoms with E-state index in [1.807, 2.05) is 11.0 Å². The highest BCUT2D eigenvalue weighted by atomic mass is 16.2. The molecule has 21 heavy (non-hydrogen) atoms. The van der Waals surface area contributed by atoms with Gasteiger partial charge in [0, 0.05) is 25.4 Å². The summed E-state index contributed by atoms with van der Waals surface area (Å²) in [6.07, 6.45) is 3.64. The second-order valence-electron chi connectivity index (χ2n) is 6.94. The third-order valence-corrected chi connectivity index (χ3v) is 4.65. The van der Waals surface area contributed by atoms with Gasteiger partial charge in [-0.15, -0.1) is 0 Å². The quantitative estimate of drug-likeness (QED) is 0.874. The summed E-state index contributed by atoms with van der Waals surface area (Å²) in [6.45, 7) is 6.87. The smallest absolute Gasteiger partial charge is 0.222 e. The van der Waals surface area contributed by atoms with Gasteiger partial charge in [-0.25, -0.2) is 0 Å². The van der Waals surface area contributed by atoms with Gasteiger partial charge in [0.1, 0.15) is 0 Å². The van der Waals surface area contributed by atoms with Crippen molar-refractivity contribution in [3.63, 3.8) is 0 Å². The van der Waals surface area contributed by atoms with Gasteiger partial charge in [0.25, 0.3) is 0 Å². The highest BCUT2D eigenvalue weighted by Crippen LogP contribution is 2.30. The van der Waals surface area contributed by atoms with Crippen molar-refractivity contribution in [2.24, 2.45) is 11.1 Å². The molecule has 2 rings (SSSR count). The van der Waals surface area contributed by atoms with E-state index in [1.165, 1.54) is 5.56 Å². The minimum atomic E-state index is 0.170. The van der Waals surface area contributed by atoms with Gasteiger partial charge in [0.05, 0.1) is 0 Å². The molecule has 1 aliphatic rings. The molecule has 0 radical (unpaired) electrons. The van der Waals surface area contributed by atoms with Gasteiger partial charge >= 0.3 is 0 Å². The number of hydrogen-bond acceptors (Lipinski definition) is 2. The average molecular weight is 288 g/mol. The van der Waals surface area contributed by atoms with Crippen LogP contribution in [0.5, 0.6) is 0 Å². The largest absolute Gasteiger partial charge is 0.342 e. The Labute approximate surface area is 128 Å². The van der Waals surface area contributed by atoms with Gasteiger partial charge in [-0.3, -0.25) is 4.79 Å². The van der Waals surface area contributed by atoms with Crippen molar-refractivity contribution in [1.82, 2.24) is 4.90 Å². The van der Waals surface area contributed by atoms with Crippen molar-refractivity contribution in [2.75, 3.05) is 19.6 Å². The van der Waals surface area contributed by atoms with Gasteiger partial charge in [-0.1, -0.05) is 44.2 Å². The van der Waals surface area contributed by atoms with Crippen LogP contribution in [0.1, 0.15) is 51.0 Å². The molecule has 0 aliphatic carbocycles. The maximum Gasteiger partial charge on any atom is 0.222 e. The van der Waals surface area contributed by atoms with Crippen LogP contribution in [0.2, 0.25) is 0 Å². The number of carbonyl (C=O) groups is 1. The Morgan fingerprint density at radius 2 is 2.00 bits per heavy atom. The molecule has 1 unspecified atom stereocenters. The summed E-state index contributed by atoms with van der Waals surface area (Å²) in [5.74, 6) is 0.811. The lowest BCUT2D eigenvalue weighted by atomic mass is 9.84. The number of nitrogens with zero attached hydrogens (tertiary/aromatic N) is 1. The van der Waals surface area contributed by atoms with Gasteiger partial charge in [0.15, 0.2) is 0 Å². The monoisotopic (exact) mass is 288 g/mol. The highest BCUT2D eigenvalue weighted by Gasteiger charge is 2.28. The first-order valence-corrected chi connectivity index (χ1v) is 8.04. The van der Waals surface area contributed by atoms with Gasteiger partial charge in [-0.05, 0) is 36.8 Å². The zero-order chi connectivity index (χ0) is 15.3. The van der Waals surface area contributed by atoms with Crippen molar-refractivity contribution in [1.29, 1.82) is 0 Å². The Kier molecular flexibility index (Phi) is 5.40. The standard InChI is InChI=1S/C18H28N2O/c1-18(2,11-12-19)10-8-17(21)20-13-9-16(14-20)15-6-4-3-5-7-15/h3-7,16H,8-14,19H2,1-2H3. The van der Waals surface area contributed by atoms with E-state index in [9.17, 15) is 4.79 Å². The zero-order valence-electron chi connectivity index (χ0n) is 13.3. The normalized spacial score (nSPS) is 19.0. The molecule has 0 bridgehead atoms. The summed E-state index contributed by atoms with van der Waals surface area (Å²) < 4.78 is 0. The molecule has 1 aromatic rings. The summed E-state index contributed by atoms with van der Waals surface area (Å²) in [5, 5.41) is 0. The van der Waals surface area contributed by atoms with Crippen LogP contribution in [0.3, 0.4) is 0 Å². The van der Waals surface area contributed by atoms with Crippen LogP contribution in [0, 0.1) is 5.41 Å². The second-order valence-corrected chi connectivity index (χ2v) is 6.94. The number of likely N-dealkylation sites (tertiary alicyclic amines) is 1. The average Bonchev–Trinajstić information content (AvgIpc) is 2.96. The lowest BCUT2D eigenvalue weighted by Gasteiger charge is -2.25. The SMILES string of the molecule is CC(C)(CCN)CCC(=O)N1CCC(c2ccccc2)C1. The van der Waals surface area contributed by atoms with Crippen molar-refractivity contribution in [3.8, 4) is 0 Å². The third kappa shape index (κ3) is 4.57. The molecule has 1 fully saturated rings. The molecule has 1 saturated heterocycles. The molecule has 2 N–H and O–H groups in total. The Bertz CT molecular complexity index is 456. The van der Waals surface area contributed by atoms with Crippen LogP contribution >= 0.6 is 0 Å². The predicted molar refractivity (Wildman–Crippen MR) is 87.1 cm³/mol. The number of rotatable bonds is 6. The molecular formula is C18H28N2O. The summed E-state index contributed by atoms with van der Waals surface area (Å²) in [6, 6.07) is 10.5. The molecule has 1 aliphatic heterocycles. The van der Waals surface area contributed by atoms with E-state index in [0.29, 0.717) is 24.8 Å². The molecule has 0 aromatic heterocycles. The first-order chi connectivity index (χ1) is 10.0. The number of nitrogens with two attached hydrogens (primary N) is 1. The molecule has 1 atom stereocenters. The first kappa shape index (κ1) is 16.0. The molecule has 3 heteroatoms. The second kappa shape index (κ2) is 7.08. The molecular weight excluding hydrogens is 260 g/mol. The lowest BCUT2D eigenvalue weighted by molar-refractivity contribution is -0.130. The van der Waals surface area contributed by atoms with E-state index in [4.69, 9.17) is 5.73 Å². The van der Waals surface area contributed by atoms with Crippen molar-refractivity contribution in [2.45, 2.75) is 45.4 Å². The highest BCUT2D eigenvalue weighted by molar-refractivity contribution is 5.76. The van der Waals surface area contributed by atoms with Crippen molar-refractivity contribution >= 4 is 5.91 Å². The third-order valence-electron chi connectivity index (χ3n) is 4.65. The zero-order valence-corrected chi connectivity index (χ0v) is 13.3. The molecule has 1 heterocycles. The van der Waals surface area contributed by atoms with E-state index in [1.54, 1.807) is 0 Å². The molecule has 3 nitrogen and oxygen atoms in total. The van der Waals surface area contributed by atoms with Crippen LogP contribution in [-0.2, 0) is 4.79 Å². The topological polar surface area (TPSA) is 46.3 Å². The van der Waals surface area contributed by atoms with Crippen LogP contribution < -0.4 is 5.73 Å².